The fourth-order valence-corrected chi connectivity index (χ4v) is 2.75. The highest BCUT2D eigenvalue weighted by atomic mass is 19.1. The lowest BCUT2D eigenvalue weighted by molar-refractivity contribution is -0.124. The molecule has 0 bridgehead atoms. The monoisotopic (exact) mass is 418 g/mol. The second kappa shape index (κ2) is 12.0. The molecule has 160 valence electrons. The summed E-state index contributed by atoms with van der Waals surface area (Å²) in [5.74, 6) is -2.53. The molecule has 0 aliphatic carbocycles. The van der Waals surface area contributed by atoms with Crippen molar-refractivity contribution in [3.8, 4) is 0 Å². The molecule has 2 amide bonds. The number of aryl methyl sites for hydroxylation is 1. The maximum atomic E-state index is 13.0. The molecular formula is C19H24BFN4O5. The minimum atomic E-state index is -1.79. The number of carbonyl (C=O) groups excluding carboxylic acids is 2. The molecule has 4 N–H and O–H groups in total. The van der Waals surface area contributed by atoms with Crippen LogP contribution in [0.5, 0.6) is 0 Å². The molecule has 30 heavy (non-hydrogen) atoms. The van der Waals surface area contributed by atoms with Crippen molar-refractivity contribution in [1.82, 2.24) is 20.6 Å². The number of rotatable bonds is 11. The first-order valence-electron chi connectivity index (χ1n) is 9.37. The number of hydrogen-bond donors (Lipinski definition) is 4. The predicted octanol–water partition coefficient (Wildman–Crippen LogP) is -0.120. The van der Waals surface area contributed by atoms with E-state index in [1.165, 1.54) is 37.8 Å². The van der Waals surface area contributed by atoms with E-state index in [1.807, 2.05) is 0 Å². The second-order valence-corrected chi connectivity index (χ2v) is 6.62. The average Bonchev–Trinajstić information content (AvgIpc) is 2.74. The normalized spacial score (nSPS) is 12.7. The zero-order chi connectivity index (χ0) is 21.9. The summed E-state index contributed by atoms with van der Waals surface area (Å²) in [6.07, 6.45) is 5.37. The van der Waals surface area contributed by atoms with Crippen molar-refractivity contribution < 1.29 is 28.8 Å². The Morgan fingerprint density at radius 2 is 1.93 bits per heavy atom. The Morgan fingerprint density at radius 1 is 1.20 bits per heavy atom. The van der Waals surface area contributed by atoms with Gasteiger partial charge >= 0.3 is 7.12 Å². The summed E-state index contributed by atoms with van der Waals surface area (Å²) < 4.78 is 17.9. The summed E-state index contributed by atoms with van der Waals surface area (Å²) >= 11 is 0. The van der Waals surface area contributed by atoms with Crippen LogP contribution in [0.15, 0.2) is 42.9 Å². The number of benzene rings is 1. The van der Waals surface area contributed by atoms with E-state index < -0.39 is 30.9 Å². The number of amides is 2. The van der Waals surface area contributed by atoms with Crippen LogP contribution in [-0.2, 0) is 16.0 Å². The zero-order valence-electron chi connectivity index (χ0n) is 16.5. The van der Waals surface area contributed by atoms with Crippen molar-refractivity contribution in [2.24, 2.45) is 0 Å². The van der Waals surface area contributed by atoms with Crippen molar-refractivity contribution in [3.63, 3.8) is 0 Å². The van der Waals surface area contributed by atoms with Gasteiger partial charge in [0.2, 0.25) is 5.91 Å². The van der Waals surface area contributed by atoms with Crippen LogP contribution in [0.3, 0.4) is 0 Å². The molecule has 0 saturated carbocycles. The molecule has 0 saturated heterocycles. The molecule has 0 fully saturated rings. The maximum Gasteiger partial charge on any atom is 0.475 e. The summed E-state index contributed by atoms with van der Waals surface area (Å²) in [5.41, 5.74) is 0.923. The predicted molar refractivity (Wildman–Crippen MR) is 107 cm³/mol. The highest BCUT2D eigenvalue weighted by molar-refractivity contribution is 6.43. The minimum Gasteiger partial charge on any atom is -0.426 e. The molecule has 9 nitrogen and oxygen atoms in total. The number of nitrogens with zero attached hydrogens (tertiary/aromatic N) is 2. The van der Waals surface area contributed by atoms with E-state index in [9.17, 15) is 24.0 Å². The third kappa shape index (κ3) is 7.50. The van der Waals surface area contributed by atoms with E-state index in [0.717, 1.165) is 5.56 Å². The van der Waals surface area contributed by atoms with Gasteiger partial charge in [0.05, 0.1) is 18.7 Å². The van der Waals surface area contributed by atoms with E-state index in [0.29, 0.717) is 12.8 Å². The maximum absolute atomic E-state index is 13.0. The van der Waals surface area contributed by atoms with Gasteiger partial charge in [0.1, 0.15) is 17.6 Å². The Balaban J connectivity index is 1.92. The van der Waals surface area contributed by atoms with Crippen LogP contribution < -0.4 is 10.6 Å². The van der Waals surface area contributed by atoms with Gasteiger partial charge in [0.15, 0.2) is 0 Å². The largest absolute Gasteiger partial charge is 0.475 e. The standard InChI is InChI=1S/C19H24BFN4O5/c1-30-12-16(24-18(26)15-11-22-9-10-23-15)19(27)25-17(20(28)29)4-2-3-13-5-7-14(21)8-6-13/h5-11,16-17,28-29H,2-4,12H2,1H3,(H,24,26)(H,25,27)/t16-,17+/m1/s1. The number of halogens is 1. The fraction of sp³-hybridized carbons (Fsp3) is 0.368. The first kappa shape index (κ1) is 23.4. The van der Waals surface area contributed by atoms with Gasteiger partial charge in [0, 0.05) is 19.5 Å². The van der Waals surface area contributed by atoms with Crippen molar-refractivity contribution in [3.05, 3.63) is 59.9 Å². The van der Waals surface area contributed by atoms with Gasteiger partial charge in [-0.3, -0.25) is 14.6 Å². The first-order chi connectivity index (χ1) is 14.4. The Morgan fingerprint density at radius 3 is 2.53 bits per heavy atom. The Kier molecular flexibility index (Phi) is 9.32. The Bertz CT molecular complexity index is 810. The van der Waals surface area contributed by atoms with Crippen molar-refractivity contribution in [1.29, 1.82) is 0 Å². The summed E-state index contributed by atoms with van der Waals surface area (Å²) in [6.45, 7) is -0.123. The van der Waals surface area contributed by atoms with Crippen LogP contribution in [0.1, 0.15) is 28.9 Å². The van der Waals surface area contributed by atoms with E-state index >= 15 is 0 Å². The molecule has 1 heterocycles. The summed E-state index contributed by atoms with van der Waals surface area (Å²) in [6, 6.07) is 4.93. The molecule has 0 spiro atoms. The van der Waals surface area contributed by atoms with Gasteiger partial charge in [-0.15, -0.1) is 0 Å². The second-order valence-electron chi connectivity index (χ2n) is 6.62. The van der Waals surface area contributed by atoms with Crippen LogP contribution in [-0.4, -0.2) is 64.6 Å². The first-order valence-corrected chi connectivity index (χ1v) is 9.37. The topological polar surface area (TPSA) is 134 Å². The van der Waals surface area contributed by atoms with Gasteiger partial charge in [-0.2, -0.15) is 0 Å². The van der Waals surface area contributed by atoms with E-state index in [4.69, 9.17) is 4.74 Å². The Labute approximate surface area is 173 Å². The number of methoxy groups -OCH3 is 1. The number of ether oxygens (including phenoxy) is 1. The summed E-state index contributed by atoms with van der Waals surface area (Å²) in [4.78, 5) is 32.5. The number of hydrogen-bond acceptors (Lipinski definition) is 7. The molecule has 0 radical (unpaired) electrons. The van der Waals surface area contributed by atoms with Gasteiger partial charge < -0.3 is 25.4 Å². The van der Waals surface area contributed by atoms with E-state index in [-0.39, 0.29) is 24.5 Å². The lowest BCUT2D eigenvalue weighted by atomic mass is 9.76. The van der Waals surface area contributed by atoms with Crippen molar-refractivity contribution >= 4 is 18.9 Å². The average molecular weight is 418 g/mol. The molecule has 1 aromatic heterocycles. The number of aromatic nitrogens is 2. The SMILES string of the molecule is COC[C@@H](NC(=O)c1cnccn1)C(=O)N[C@@H](CCCc1ccc(F)cc1)B(O)O. The fourth-order valence-electron chi connectivity index (χ4n) is 2.75. The van der Waals surface area contributed by atoms with Crippen LogP contribution in [0, 0.1) is 5.82 Å². The Hall–Kier alpha value is -2.89. The molecule has 1 aromatic carbocycles. The zero-order valence-corrected chi connectivity index (χ0v) is 16.5. The van der Waals surface area contributed by atoms with E-state index in [1.54, 1.807) is 12.1 Å². The van der Waals surface area contributed by atoms with Gasteiger partial charge in [-0.1, -0.05) is 12.1 Å². The van der Waals surface area contributed by atoms with Crippen LogP contribution in [0.2, 0.25) is 0 Å². The van der Waals surface area contributed by atoms with Gasteiger partial charge in [-0.05, 0) is 37.0 Å². The lowest BCUT2D eigenvalue weighted by Crippen LogP contribution is -2.55. The smallest absolute Gasteiger partial charge is 0.426 e. The third-order valence-electron chi connectivity index (χ3n) is 4.33. The molecular weight excluding hydrogens is 394 g/mol. The van der Waals surface area contributed by atoms with Crippen LogP contribution in [0.4, 0.5) is 4.39 Å². The van der Waals surface area contributed by atoms with Gasteiger partial charge in [0.25, 0.3) is 5.91 Å². The molecule has 2 aromatic rings. The van der Waals surface area contributed by atoms with Crippen molar-refractivity contribution in [2.45, 2.75) is 31.2 Å². The quantitative estimate of drug-likeness (QED) is 0.374. The molecule has 0 aliphatic rings. The number of nitrogens with one attached hydrogen (secondary N) is 2. The van der Waals surface area contributed by atoms with Gasteiger partial charge in [-0.25, -0.2) is 9.37 Å². The number of carbonyl (C=O) groups is 2. The molecule has 0 unspecified atom stereocenters. The summed E-state index contributed by atoms with van der Waals surface area (Å²) in [5, 5.41) is 24.3. The highest BCUT2D eigenvalue weighted by Gasteiger charge is 2.29. The molecule has 2 rings (SSSR count). The molecule has 11 heteroatoms. The van der Waals surface area contributed by atoms with Crippen LogP contribution >= 0.6 is 0 Å². The summed E-state index contributed by atoms with van der Waals surface area (Å²) in [7, 11) is -0.420. The third-order valence-corrected chi connectivity index (χ3v) is 4.33. The van der Waals surface area contributed by atoms with Crippen molar-refractivity contribution in [2.75, 3.05) is 13.7 Å². The lowest BCUT2D eigenvalue weighted by Gasteiger charge is -2.22. The highest BCUT2D eigenvalue weighted by Crippen LogP contribution is 2.09. The van der Waals surface area contributed by atoms with E-state index in [2.05, 4.69) is 20.6 Å². The molecule has 0 aliphatic heterocycles. The molecule has 2 atom stereocenters. The minimum absolute atomic E-state index is 0.0319. The van der Waals surface area contributed by atoms with Crippen LogP contribution in [0.25, 0.3) is 0 Å².